The van der Waals surface area contributed by atoms with Crippen LogP contribution in [0.5, 0.6) is 0 Å². The van der Waals surface area contributed by atoms with Crippen molar-refractivity contribution in [2.45, 2.75) is 18.8 Å². The summed E-state index contributed by atoms with van der Waals surface area (Å²) in [6, 6.07) is 0. The normalized spacial score (nSPS) is 31.9. The standard InChI is InChI=1S/C14H18IN3O3/c1-8-14(2,17-13(20)16-8)7-18-6-9-4-10(21-3)5-15-11(9)12(18)19/h4-5,13,16-17,20H,1,6-7H2,2-3H3. The number of amides is 1. The first-order valence-electron chi connectivity index (χ1n) is 6.59. The highest BCUT2D eigenvalue weighted by Gasteiger charge is 2.41. The Kier molecular flexibility index (Phi) is 3.66. The van der Waals surface area contributed by atoms with Crippen molar-refractivity contribution in [1.29, 1.82) is 0 Å². The van der Waals surface area contributed by atoms with Gasteiger partial charge >= 0.3 is 0 Å². The van der Waals surface area contributed by atoms with E-state index in [0.29, 0.717) is 18.8 Å². The highest BCUT2D eigenvalue weighted by molar-refractivity contribution is 14.2. The molecule has 1 saturated heterocycles. The Balaban J connectivity index is 1.77. The van der Waals surface area contributed by atoms with Crippen LogP contribution >= 0.6 is 20.7 Å². The van der Waals surface area contributed by atoms with Gasteiger partial charge in [0.15, 0.2) is 6.35 Å². The summed E-state index contributed by atoms with van der Waals surface area (Å²) < 4.78 is 8.22. The molecule has 1 amide bonds. The van der Waals surface area contributed by atoms with Crippen LogP contribution < -0.4 is 10.6 Å². The molecule has 3 rings (SSSR count). The van der Waals surface area contributed by atoms with Gasteiger partial charge in [0.2, 0.25) is 0 Å². The van der Waals surface area contributed by atoms with Crippen molar-refractivity contribution in [1.82, 2.24) is 15.5 Å². The van der Waals surface area contributed by atoms with E-state index in [4.69, 9.17) is 4.74 Å². The van der Waals surface area contributed by atoms with Crippen LogP contribution in [0.3, 0.4) is 0 Å². The Morgan fingerprint density at radius 1 is 1.67 bits per heavy atom. The van der Waals surface area contributed by atoms with Gasteiger partial charge in [-0.3, -0.25) is 10.1 Å². The van der Waals surface area contributed by atoms with E-state index in [-0.39, 0.29) is 5.91 Å². The third-order valence-corrected chi connectivity index (χ3v) is 6.58. The van der Waals surface area contributed by atoms with Gasteiger partial charge in [-0.15, -0.1) is 0 Å². The second-order valence-electron chi connectivity index (χ2n) is 5.47. The molecule has 6 nitrogen and oxygen atoms in total. The summed E-state index contributed by atoms with van der Waals surface area (Å²) in [5.74, 6) is 0.945. The zero-order chi connectivity index (χ0) is 15.2. The number of carbonyl (C=O) groups is 1. The lowest BCUT2D eigenvalue weighted by Crippen LogP contribution is -2.51. The smallest absolute Gasteiger partial charge is 0.260 e. The average molecular weight is 403 g/mol. The summed E-state index contributed by atoms with van der Waals surface area (Å²) in [6.45, 7) is 6.92. The molecule has 0 aromatic rings. The fraction of sp³-hybridized carbons (Fsp3) is 0.429. The third-order valence-electron chi connectivity index (χ3n) is 3.88. The molecule has 1 fully saturated rings. The van der Waals surface area contributed by atoms with Gasteiger partial charge in [-0.2, -0.15) is 0 Å². The number of rotatable bonds is 3. The molecule has 114 valence electrons. The fourth-order valence-electron chi connectivity index (χ4n) is 2.66. The number of aliphatic hydroxyl groups is 1. The summed E-state index contributed by atoms with van der Waals surface area (Å²) in [7, 11) is 1.65. The molecule has 0 aromatic carbocycles. The maximum absolute atomic E-state index is 12.5. The first kappa shape index (κ1) is 14.7. The van der Waals surface area contributed by atoms with Crippen LogP contribution in [0.2, 0.25) is 0 Å². The van der Waals surface area contributed by atoms with E-state index in [2.05, 4.69) is 17.2 Å². The molecule has 2 unspecified atom stereocenters. The molecular formula is C14H18IN3O3. The zero-order valence-electron chi connectivity index (χ0n) is 11.9. The Morgan fingerprint density at radius 2 is 2.43 bits per heavy atom. The number of halogens is 1. The van der Waals surface area contributed by atoms with Gasteiger partial charge in [-0.1, -0.05) is 27.3 Å². The predicted octanol–water partition coefficient (Wildman–Crippen LogP) is 0.141. The number of hydrogen-bond acceptors (Lipinski definition) is 5. The summed E-state index contributed by atoms with van der Waals surface area (Å²) in [6.07, 6.45) is 1.13. The van der Waals surface area contributed by atoms with Crippen molar-refractivity contribution >= 4 is 30.6 Å². The quantitative estimate of drug-likeness (QED) is 0.585. The van der Waals surface area contributed by atoms with Crippen molar-refractivity contribution in [3.05, 3.63) is 33.3 Å². The lowest BCUT2D eigenvalue weighted by atomic mass is 10.00. The highest BCUT2D eigenvalue weighted by Crippen LogP contribution is 2.34. The summed E-state index contributed by atoms with van der Waals surface area (Å²) in [5.41, 5.74) is 1.23. The Morgan fingerprint density at radius 3 is 3.05 bits per heavy atom. The molecule has 0 saturated carbocycles. The minimum atomic E-state index is -0.816. The first-order valence-corrected chi connectivity index (χ1v) is 8.92. The molecule has 0 aromatic heterocycles. The van der Waals surface area contributed by atoms with Crippen LogP contribution in [0.4, 0.5) is 0 Å². The maximum Gasteiger partial charge on any atom is 0.260 e. The number of nitrogens with zero attached hydrogens (tertiary/aromatic N) is 1. The molecule has 0 radical (unpaired) electrons. The molecule has 3 aliphatic rings. The minimum Gasteiger partial charge on any atom is -0.496 e. The van der Waals surface area contributed by atoms with Gasteiger partial charge in [-0.25, -0.2) is 0 Å². The molecule has 0 spiro atoms. The van der Waals surface area contributed by atoms with Gasteiger partial charge in [0.05, 0.1) is 16.2 Å². The predicted molar refractivity (Wildman–Crippen MR) is 88.6 cm³/mol. The van der Waals surface area contributed by atoms with Gasteiger partial charge in [0.1, 0.15) is 5.76 Å². The number of hydrogen-bond donors (Lipinski definition) is 3. The lowest BCUT2D eigenvalue weighted by Gasteiger charge is -2.30. The van der Waals surface area contributed by atoms with Crippen molar-refractivity contribution in [3.8, 4) is 0 Å². The molecule has 21 heavy (non-hydrogen) atoms. The van der Waals surface area contributed by atoms with Crippen molar-refractivity contribution in [2.75, 3.05) is 20.2 Å². The number of methoxy groups -OCH3 is 1. The maximum atomic E-state index is 12.5. The van der Waals surface area contributed by atoms with E-state index in [0.717, 1.165) is 14.9 Å². The SMILES string of the molecule is C=C1NC(O)NC1(C)CN1CC2=C(I=CC(OC)=C2)C1=O. The Bertz CT molecular complexity index is 611. The molecule has 3 N–H and O–H groups in total. The van der Waals surface area contributed by atoms with Gasteiger partial charge in [-0.05, 0) is 18.6 Å². The molecule has 2 atom stereocenters. The number of aliphatic hydroxyl groups excluding tert-OH is 1. The lowest BCUT2D eigenvalue weighted by molar-refractivity contribution is -0.125. The van der Waals surface area contributed by atoms with Gasteiger partial charge < -0.3 is 20.1 Å². The van der Waals surface area contributed by atoms with Gasteiger partial charge in [0, 0.05) is 22.8 Å². The molecule has 0 aliphatic carbocycles. The van der Waals surface area contributed by atoms with E-state index in [1.165, 1.54) is 0 Å². The van der Waals surface area contributed by atoms with Crippen LogP contribution in [0.15, 0.2) is 33.3 Å². The van der Waals surface area contributed by atoms with Crippen LogP contribution in [0.25, 0.3) is 0 Å². The summed E-state index contributed by atoms with van der Waals surface area (Å²) >= 11 is -0.437. The monoisotopic (exact) mass is 403 g/mol. The fourth-order valence-corrected chi connectivity index (χ4v) is 5.05. The van der Waals surface area contributed by atoms with Crippen LogP contribution in [0.1, 0.15) is 6.92 Å². The molecular weight excluding hydrogens is 385 g/mol. The second kappa shape index (κ2) is 5.22. The highest BCUT2D eigenvalue weighted by atomic mass is 127. The molecule has 0 bridgehead atoms. The van der Waals surface area contributed by atoms with E-state index in [1.807, 2.05) is 21.9 Å². The summed E-state index contributed by atoms with van der Waals surface area (Å²) in [5, 5.41) is 15.5. The van der Waals surface area contributed by atoms with Crippen LogP contribution in [0, 0.1) is 0 Å². The molecule has 3 heterocycles. The van der Waals surface area contributed by atoms with Crippen molar-refractivity contribution < 1.29 is 14.6 Å². The molecule has 3 aliphatic heterocycles. The third kappa shape index (κ3) is 2.53. The van der Waals surface area contributed by atoms with Crippen molar-refractivity contribution in [2.24, 2.45) is 0 Å². The number of carbonyl (C=O) groups excluding carboxylic acids is 1. The van der Waals surface area contributed by atoms with Crippen LogP contribution in [-0.4, -0.2) is 52.0 Å². The topological polar surface area (TPSA) is 73.8 Å². The van der Waals surface area contributed by atoms with E-state index in [1.54, 1.807) is 7.11 Å². The van der Waals surface area contributed by atoms with E-state index >= 15 is 0 Å². The summed E-state index contributed by atoms with van der Waals surface area (Å²) in [4.78, 5) is 14.3. The Labute approximate surface area is 133 Å². The average Bonchev–Trinajstić information content (AvgIpc) is 2.87. The van der Waals surface area contributed by atoms with E-state index < -0.39 is 32.6 Å². The first-order chi connectivity index (χ1) is 9.93. The van der Waals surface area contributed by atoms with Crippen LogP contribution in [-0.2, 0) is 9.53 Å². The minimum absolute atomic E-state index is 0.0951. The largest absolute Gasteiger partial charge is 0.496 e. The second-order valence-corrected chi connectivity index (χ2v) is 7.80. The van der Waals surface area contributed by atoms with E-state index in [9.17, 15) is 9.90 Å². The number of allylic oxidation sites excluding steroid dienone is 1. The number of nitrogens with one attached hydrogen (secondary N) is 2. The zero-order valence-corrected chi connectivity index (χ0v) is 14.1. The van der Waals surface area contributed by atoms with Gasteiger partial charge in [0.25, 0.3) is 5.91 Å². The molecule has 7 heteroatoms. The Hall–Kier alpha value is -1.19. The van der Waals surface area contributed by atoms with Crippen molar-refractivity contribution in [3.63, 3.8) is 0 Å². The number of ether oxygens (including phenoxy) is 1.